The number of ketones is 1. The van der Waals surface area contributed by atoms with Crippen LogP contribution in [0.3, 0.4) is 0 Å². The molecule has 18 heavy (non-hydrogen) atoms. The average Bonchev–Trinajstić information content (AvgIpc) is 2.34. The summed E-state index contributed by atoms with van der Waals surface area (Å²) in [4.78, 5) is 15.5. The van der Waals surface area contributed by atoms with E-state index in [-0.39, 0.29) is 11.5 Å². The second kappa shape index (κ2) is 8.68. The van der Waals surface area contributed by atoms with Crippen LogP contribution in [0, 0.1) is 0 Å². The monoisotopic (exact) mass is 260 g/mol. The Morgan fingerprint density at radius 3 is 2.50 bits per heavy atom. The third-order valence-electron chi connectivity index (χ3n) is 1.92. The number of rotatable bonds is 9. The Labute approximate surface area is 106 Å². The molecule has 0 aliphatic heterocycles. The van der Waals surface area contributed by atoms with Gasteiger partial charge in [0.15, 0.2) is 18.1 Å². The minimum absolute atomic E-state index is 0.0408. The Kier molecular flexibility index (Phi) is 8.02. The molecule has 0 rings (SSSR count). The first-order valence-electron chi connectivity index (χ1n) is 5.69. The minimum atomic E-state index is -2.24. The van der Waals surface area contributed by atoms with Crippen LogP contribution in [0.4, 0.5) is 0 Å². The number of aliphatic hydroxyl groups is 1. The molecule has 2 N–H and O–H groups in total. The van der Waals surface area contributed by atoms with Crippen molar-refractivity contribution < 1.29 is 29.5 Å². The van der Waals surface area contributed by atoms with Crippen LogP contribution in [-0.4, -0.2) is 28.7 Å². The molecule has 0 spiro atoms. The zero-order chi connectivity index (χ0) is 14.0. The van der Waals surface area contributed by atoms with Gasteiger partial charge in [0, 0.05) is 6.42 Å². The molecule has 0 radical (unpaired) electrons. The molecule has 6 heteroatoms. The zero-order valence-corrected chi connectivity index (χ0v) is 10.9. The van der Waals surface area contributed by atoms with Gasteiger partial charge in [0.25, 0.3) is 0 Å². The highest BCUT2D eigenvalue weighted by molar-refractivity contribution is 5.93. The summed E-state index contributed by atoms with van der Waals surface area (Å²) < 4.78 is 9.91. The molecule has 0 aliphatic rings. The Morgan fingerprint density at radius 2 is 2.06 bits per heavy atom. The molecule has 0 heterocycles. The molecular weight excluding hydrogens is 240 g/mol. The van der Waals surface area contributed by atoms with Crippen molar-refractivity contribution in [1.82, 2.24) is 0 Å². The van der Waals surface area contributed by atoms with Gasteiger partial charge in [-0.1, -0.05) is 13.0 Å². The van der Waals surface area contributed by atoms with Crippen molar-refractivity contribution in [3.63, 3.8) is 0 Å². The largest absolute Gasteiger partial charge is 0.437 e. The first-order valence-corrected chi connectivity index (χ1v) is 5.69. The Bertz CT molecular complexity index is 310. The van der Waals surface area contributed by atoms with Crippen molar-refractivity contribution in [3.8, 4) is 0 Å². The molecule has 0 bridgehead atoms. The van der Waals surface area contributed by atoms with Crippen molar-refractivity contribution in [1.29, 1.82) is 0 Å². The summed E-state index contributed by atoms with van der Waals surface area (Å²) in [6.45, 7) is 4.45. The van der Waals surface area contributed by atoms with Crippen LogP contribution in [0.1, 0.15) is 33.6 Å². The number of hydrogen-bond acceptors (Lipinski definition) is 6. The first kappa shape index (κ1) is 16.6. The van der Waals surface area contributed by atoms with Crippen molar-refractivity contribution in [2.45, 2.75) is 39.6 Å². The van der Waals surface area contributed by atoms with Gasteiger partial charge in [-0.2, -0.15) is 0 Å². The van der Waals surface area contributed by atoms with Crippen molar-refractivity contribution >= 4 is 5.78 Å². The second-order valence-corrected chi connectivity index (χ2v) is 3.50. The highest BCUT2D eigenvalue weighted by Crippen LogP contribution is 2.17. The number of carbonyl (C=O) groups is 1. The van der Waals surface area contributed by atoms with E-state index < -0.39 is 12.6 Å². The second-order valence-electron chi connectivity index (χ2n) is 3.50. The van der Waals surface area contributed by atoms with E-state index in [1.54, 1.807) is 13.8 Å². The van der Waals surface area contributed by atoms with Crippen LogP contribution < -0.4 is 0 Å². The van der Waals surface area contributed by atoms with Gasteiger partial charge in [-0.05, 0) is 26.3 Å². The summed E-state index contributed by atoms with van der Waals surface area (Å²) in [5, 5.41) is 18.3. The number of carbonyl (C=O) groups excluding carboxylic acids is 1. The predicted octanol–water partition coefficient (Wildman–Crippen LogP) is 1.96. The molecule has 0 fully saturated rings. The van der Waals surface area contributed by atoms with Crippen molar-refractivity contribution in [2.75, 3.05) is 6.61 Å². The molecule has 0 saturated carbocycles. The predicted molar refractivity (Wildman–Crippen MR) is 64.2 cm³/mol. The van der Waals surface area contributed by atoms with E-state index >= 15 is 0 Å². The summed E-state index contributed by atoms with van der Waals surface area (Å²) in [6.07, 6.45) is 5.04. The maximum absolute atomic E-state index is 11.6. The number of allylic oxidation sites excluding steroid dienone is 3. The molecule has 0 aromatic heterocycles. The molecular formula is C12H20O6. The van der Waals surface area contributed by atoms with Crippen LogP contribution in [0.15, 0.2) is 24.2 Å². The van der Waals surface area contributed by atoms with Gasteiger partial charge in [0.1, 0.15) is 0 Å². The molecule has 1 unspecified atom stereocenters. The Hall–Kier alpha value is -1.37. The number of Topliss-reactive ketones (excluding diaryl/α,β-unsaturated/α-hetero) is 1. The van der Waals surface area contributed by atoms with Crippen LogP contribution in [-0.2, 0) is 19.2 Å². The van der Waals surface area contributed by atoms with E-state index in [9.17, 15) is 9.90 Å². The van der Waals surface area contributed by atoms with Crippen molar-refractivity contribution in [2.24, 2.45) is 0 Å². The highest BCUT2D eigenvalue weighted by Gasteiger charge is 2.34. The average molecular weight is 260 g/mol. The quantitative estimate of drug-likeness (QED) is 0.217. The molecule has 1 atom stereocenters. The van der Waals surface area contributed by atoms with Crippen LogP contribution in [0.25, 0.3) is 0 Å². The van der Waals surface area contributed by atoms with E-state index in [1.165, 1.54) is 12.2 Å². The van der Waals surface area contributed by atoms with Gasteiger partial charge in [-0.15, -0.1) is 0 Å². The van der Waals surface area contributed by atoms with Gasteiger partial charge in [-0.3, -0.25) is 10.1 Å². The standard InChI is InChI=1S/C12H20O6/c1-4-7-10(13)11(6-3)18-12(14,9-17-15)16-8-5-2/h5-6,8,14-15H,4,7,9H2,1-3H3/b8-5+,11-6+. The third kappa shape index (κ3) is 5.81. The van der Waals surface area contributed by atoms with Gasteiger partial charge in [-0.25, -0.2) is 4.89 Å². The van der Waals surface area contributed by atoms with Crippen LogP contribution >= 0.6 is 0 Å². The smallest absolute Gasteiger partial charge is 0.397 e. The lowest BCUT2D eigenvalue weighted by atomic mass is 10.2. The summed E-state index contributed by atoms with van der Waals surface area (Å²) >= 11 is 0. The van der Waals surface area contributed by atoms with Crippen LogP contribution in [0.2, 0.25) is 0 Å². The van der Waals surface area contributed by atoms with E-state index in [0.29, 0.717) is 12.8 Å². The lowest BCUT2D eigenvalue weighted by Gasteiger charge is -2.26. The maximum Gasteiger partial charge on any atom is 0.397 e. The highest BCUT2D eigenvalue weighted by atomic mass is 17.1. The molecule has 0 amide bonds. The number of ether oxygens (including phenoxy) is 2. The molecule has 0 aromatic carbocycles. The van der Waals surface area contributed by atoms with E-state index in [0.717, 1.165) is 6.26 Å². The van der Waals surface area contributed by atoms with Crippen LogP contribution in [0.5, 0.6) is 0 Å². The normalized spacial score (nSPS) is 15.5. The van der Waals surface area contributed by atoms with Gasteiger partial charge in [0.2, 0.25) is 0 Å². The van der Waals surface area contributed by atoms with Gasteiger partial charge in [0.05, 0.1) is 6.26 Å². The fourth-order valence-corrected chi connectivity index (χ4v) is 1.14. The fourth-order valence-electron chi connectivity index (χ4n) is 1.14. The molecule has 6 nitrogen and oxygen atoms in total. The molecule has 0 saturated heterocycles. The van der Waals surface area contributed by atoms with Crippen molar-refractivity contribution in [3.05, 3.63) is 24.2 Å². The minimum Gasteiger partial charge on any atom is -0.437 e. The fraction of sp³-hybridized carbons (Fsp3) is 0.583. The summed E-state index contributed by atoms with van der Waals surface area (Å²) in [5.74, 6) is -2.55. The van der Waals surface area contributed by atoms with Gasteiger partial charge >= 0.3 is 5.97 Å². The molecule has 0 aliphatic carbocycles. The van der Waals surface area contributed by atoms with E-state index in [2.05, 4.69) is 4.89 Å². The summed E-state index contributed by atoms with van der Waals surface area (Å²) in [5.41, 5.74) is 0. The molecule has 0 aromatic rings. The SMILES string of the molecule is C/C=C/OC(O)(COO)O/C(=C/C)C(=O)CCC. The zero-order valence-electron chi connectivity index (χ0n) is 10.9. The Morgan fingerprint density at radius 1 is 1.39 bits per heavy atom. The van der Waals surface area contributed by atoms with E-state index in [1.807, 2.05) is 6.92 Å². The lowest BCUT2D eigenvalue weighted by molar-refractivity contribution is -0.387. The molecule has 104 valence electrons. The first-order chi connectivity index (χ1) is 8.52. The maximum atomic E-state index is 11.6. The third-order valence-corrected chi connectivity index (χ3v) is 1.92. The van der Waals surface area contributed by atoms with Gasteiger partial charge < -0.3 is 14.6 Å². The summed E-state index contributed by atoms with van der Waals surface area (Å²) in [7, 11) is 0. The Balaban J connectivity index is 4.78. The topological polar surface area (TPSA) is 85.2 Å². The summed E-state index contributed by atoms with van der Waals surface area (Å²) in [6, 6.07) is 0. The number of hydrogen-bond donors (Lipinski definition) is 2. The van der Waals surface area contributed by atoms with E-state index in [4.69, 9.17) is 14.7 Å². The lowest BCUT2D eigenvalue weighted by Crippen LogP contribution is -2.40.